The molecule has 0 spiro atoms. The molecule has 2 aromatic rings. The average Bonchev–Trinajstić information content (AvgIpc) is 2.84. The van der Waals surface area contributed by atoms with Crippen molar-refractivity contribution in [2.45, 2.75) is 6.54 Å². The first kappa shape index (κ1) is 14.8. The average molecular weight is 308 g/mol. The number of amides is 2. The fraction of sp³-hybridized carbons (Fsp3) is 0.111. The fourth-order valence-electron chi connectivity index (χ4n) is 2.34. The van der Waals surface area contributed by atoms with Crippen LogP contribution in [0.4, 0.5) is 5.69 Å². The summed E-state index contributed by atoms with van der Waals surface area (Å²) in [6, 6.07) is 16.6. The Kier molecular flexibility index (Phi) is 4.10. The summed E-state index contributed by atoms with van der Waals surface area (Å²) >= 11 is 0. The Morgan fingerprint density at radius 2 is 1.70 bits per heavy atom. The van der Waals surface area contributed by atoms with Crippen LogP contribution in [-0.4, -0.2) is 23.8 Å². The lowest BCUT2D eigenvalue weighted by atomic mass is 10.2. The molecule has 2 amide bonds. The Hall–Kier alpha value is -3.08. The van der Waals surface area contributed by atoms with Crippen LogP contribution in [0.5, 0.6) is 5.75 Å². The maximum Gasteiger partial charge on any atom is 0.277 e. The number of nitrogens with zero attached hydrogens (tertiary/aromatic N) is 1. The highest BCUT2D eigenvalue weighted by Gasteiger charge is 2.31. The molecule has 5 nitrogen and oxygen atoms in total. The molecule has 0 atom stereocenters. The molecule has 0 bridgehead atoms. The largest absolute Gasteiger partial charge is 0.497 e. The van der Waals surface area contributed by atoms with Crippen LogP contribution >= 0.6 is 0 Å². The molecule has 0 saturated heterocycles. The topological polar surface area (TPSA) is 58.6 Å². The summed E-state index contributed by atoms with van der Waals surface area (Å²) in [5.74, 6) is 0.0913. The van der Waals surface area contributed by atoms with Crippen LogP contribution in [0.15, 0.2) is 66.4 Å². The molecule has 2 aromatic carbocycles. The van der Waals surface area contributed by atoms with Crippen LogP contribution in [0.1, 0.15) is 5.56 Å². The molecule has 116 valence electrons. The third-order valence-corrected chi connectivity index (χ3v) is 3.56. The van der Waals surface area contributed by atoms with Gasteiger partial charge < -0.3 is 10.1 Å². The maximum atomic E-state index is 12.4. The Labute approximate surface area is 134 Å². The third-order valence-electron chi connectivity index (χ3n) is 3.56. The van der Waals surface area contributed by atoms with Gasteiger partial charge >= 0.3 is 0 Å². The first-order valence-corrected chi connectivity index (χ1v) is 7.20. The Morgan fingerprint density at radius 1 is 1.00 bits per heavy atom. The molecule has 0 fully saturated rings. The van der Waals surface area contributed by atoms with Gasteiger partial charge in [0.05, 0.1) is 13.7 Å². The number of methoxy groups -OCH3 is 1. The highest BCUT2D eigenvalue weighted by atomic mass is 16.5. The zero-order valence-electron chi connectivity index (χ0n) is 12.7. The second-order valence-electron chi connectivity index (χ2n) is 5.13. The van der Waals surface area contributed by atoms with E-state index in [9.17, 15) is 9.59 Å². The van der Waals surface area contributed by atoms with Gasteiger partial charge in [-0.1, -0.05) is 30.3 Å². The van der Waals surface area contributed by atoms with E-state index in [1.807, 2.05) is 30.3 Å². The first-order valence-electron chi connectivity index (χ1n) is 7.20. The molecule has 1 aliphatic rings. The Morgan fingerprint density at radius 3 is 2.35 bits per heavy atom. The number of rotatable bonds is 5. The van der Waals surface area contributed by atoms with Crippen LogP contribution in [-0.2, 0) is 16.1 Å². The molecule has 1 N–H and O–H groups in total. The van der Waals surface area contributed by atoms with Gasteiger partial charge in [0.1, 0.15) is 11.4 Å². The third kappa shape index (κ3) is 3.23. The van der Waals surface area contributed by atoms with Crippen LogP contribution in [0, 0.1) is 0 Å². The van der Waals surface area contributed by atoms with Crippen LogP contribution in [0.25, 0.3) is 0 Å². The first-order chi connectivity index (χ1) is 11.2. The lowest BCUT2D eigenvalue weighted by Gasteiger charge is -2.15. The summed E-state index contributed by atoms with van der Waals surface area (Å²) in [4.78, 5) is 25.7. The van der Waals surface area contributed by atoms with E-state index >= 15 is 0 Å². The number of hydrogen-bond donors (Lipinski definition) is 1. The normalized spacial score (nSPS) is 14.0. The van der Waals surface area contributed by atoms with E-state index in [1.54, 1.807) is 31.4 Å². The van der Waals surface area contributed by atoms with E-state index in [2.05, 4.69) is 5.32 Å². The lowest BCUT2D eigenvalue weighted by Crippen LogP contribution is -2.31. The van der Waals surface area contributed by atoms with Gasteiger partial charge in [0.25, 0.3) is 11.8 Å². The molecule has 0 aliphatic carbocycles. The van der Waals surface area contributed by atoms with Crippen molar-refractivity contribution in [3.63, 3.8) is 0 Å². The van der Waals surface area contributed by atoms with Crippen molar-refractivity contribution in [1.29, 1.82) is 0 Å². The van der Waals surface area contributed by atoms with Gasteiger partial charge in [0.2, 0.25) is 0 Å². The van der Waals surface area contributed by atoms with Gasteiger partial charge in [-0.3, -0.25) is 14.5 Å². The predicted molar refractivity (Wildman–Crippen MR) is 86.7 cm³/mol. The molecule has 0 saturated carbocycles. The zero-order valence-corrected chi connectivity index (χ0v) is 12.7. The molecule has 3 rings (SSSR count). The van der Waals surface area contributed by atoms with E-state index in [1.165, 1.54) is 11.0 Å². The van der Waals surface area contributed by atoms with E-state index in [0.717, 1.165) is 17.0 Å². The van der Waals surface area contributed by atoms with Crippen molar-refractivity contribution in [3.05, 3.63) is 71.9 Å². The number of carbonyl (C=O) groups excluding carboxylic acids is 2. The van der Waals surface area contributed by atoms with Crippen molar-refractivity contribution < 1.29 is 14.3 Å². The molecular formula is C18H16N2O3. The molecule has 23 heavy (non-hydrogen) atoms. The van der Waals surface area contributed by atoms with Gasteiger partial charge in [-0.05, 0) is 29.8 Å². The second-order valence-corrected chi connectivity index (χ2v) is 5.13. The maximum absolute atomic E-state index is 12.4. The van der Waals surface area contributed by atoms with E-state index in [4.69, 9.17) is 4.74 Å². The van der Waals surface area contributed by atoms with E-state index < -0.39 is 0 Å². The number of imide groups is 1. The van der Waals surface area contributed by atoms with Gasteiger partial charge in [-0.15, -0.1) is 0 Å². The Balaban J connectivity index is 1.70. The molecular weight excluding hydrogens is 292 g/mol. The summed E-state index contributed by atoms with van der Waals surface area (Å²) in [6.07, 6.45) is 1.33. The molecule has 0 aromatic heterocycles. The van der Waals surface area contributed by atoms with Gasteiger partial charge in [-0.25, -0.2) is 0 Å². The summed E-state index contributed by atoms with van der Waals surface area (Å²) in [7, 11) is 1.59. The summed E-state index contributed by atoms with van der Waals surface area (Å²) < 4.78 is 5.09. The summed E-state index contributed by atoms with van der Waals surface area (Å²) in [5.41, 5.74) is 1.91. The van der Waals surface area contributed by atoms with Crippen molar-refractivity contribution in [1.82, 2.24) is 4.90 Å². The quantitative estimate of drug-likeness (QED) is 0.863. The van der Waals surface area contributed by atoms with E-state index in [-0.39, 0.29) is 24.1 Å². The van der Waals surface area contributed by atoms with Crippen molar-refractivity contribution in [2.75, 3.05) is 12.4 Å². The predicted octanol–water partition coefficient (Wildman–Crippen LogP) is 2.56. The van der Waals surface area contributed by atoms with Crippen molar-refractivity contribution >= 4 is 17.5 Å². The highest BCUT2D eigenvalue weighted by Crippen LogP contribution is 2.21. The van der Waals surface area contributed by atoms with Crippen molar-refractivity contribution in [3.8, 4) is 5.75 Å². The summed E-state index contributed by atoms with van der Waals surface area (Å²) in [5, 5.41) is 2.98. The van der Waals surface area contributed by atoms with Crippen LogP contribution in [0.2, 0.25) is 0 Å². The summed E-state index contributed by atoms with van der Waals surface area (Å²) in [6.45, 7) is 0.267. The van der Waals surface area contributed by atoms with Gasteiger partial charge in [0, 0.05) is 11.8 Å². The standard InChI is InChI=1S/C18H16N2O3/c1-23-15-9-7-14(8-10-15)19-16-11-17(21)20(18(16)22)12-13-5-3-2-4-6-13/h2-11,19H,12H2,1H3. The van der Waals surface area contributed by atoms with Crippen LogP contribution < -0.4 is 10.1 Å². The molecule has 0 unspecified atom stereocenters. The number of anilines is 1. The smallest absolute Gasteiger partial charge is 0.277 e. The van der Waals surface area contributed by atoms with Gasteiger partial charge in [-0.2, -0.15) is 0 Å². The SMILES string of the molecule is COc1ccc(NC2=CC(=O)N(Cc3ccccc3)C2=O)cc1. The van der Waals surface area contributed by atoms with Crippen LogP contribution in [0.3, 0.4) is 0 Å². The number of benzene rings is 2. The number of nitrogens with one attached hydrogen (secondary N) is 1. The monoisotopic (exact) mass is 308 g/mol. The highest BCUT2D eigenvalue weighted by molar-refractivity contribution is 6.17. The molecule has 5 heteroatoms. The number of ether oxygens (including phenoxy) is 1. The Bertz CT molecular complexity index is 752. The fourth-order valence-corrected chi connectivity index (χ4v) is 2.34. The molecule has 1 aliphatic heterocycles. The minimum Gasteiger partial charge on any atom is -0.497 e. The molecule has 1 heterocycles. The molecule has 0 radical (unpaired) electrons. The van der Waals surface area contributed by atoms with Gasteiger partial charge in [0.15, 0.2) is 0 Å². The number of hydrogen-bond acceptors (Lipinski definition) is 4. The minimum atomic E-state index is -0.324. The second kappa shape index (κ2) is 6.36. The van der Waals surface area contributed by atoms with Crippen molar-refractivity contribution in [2.24, 2.45) is 0 Å². The lowest BCUT2D eigenvalue weighted by molar-refractivity contribution is -0.137. The minimum absolute atomic E-state index is 0.267. The number of carbonyl (C=O) groups is 2. The van der Waals surface area contributed by atoms with E-state index in [0.29, 0.717) is 0 Å². The zero-order chi connectivity index (χ0) is 16.2.